The average molecular weight is 260 g/mol. The Hall–Kier alpha value is -1.18. The summed E-state index contributed by atoms with van der Waals surface area (Å²) < 4.78 is 12.9. The highest BCUT2D eigenvalue weighted by Crippen LogP contribution is 2.43. The third-order valence-electron chi connectivity index (χ3n) is 5.04. The van der Waals surface area contributed by atoms with Gasteiger partial charge in [0.25, 0.3) is 0 Å². The van der Waals surface area contributed by atoms with Crippen LogP contribution in [0.15, 0.2) is 24.3 Å². The quantitative estimate of drug-likeness (QED) is 0.709. The maximum Gasteiger partial charge on any atom is 0.165 e. The van der Waals surface area contributed by atoms with Gasteiger partial charge in [-0.3, -0.25) is 4.79 Å². The van der Waals surface area contributed by atoms with Crippen LogP contribution in [0, 0.1) is 23.6 Å². The van der Waals surface area contributed by atoms with E-state index >= 15 is 0 Å². The predicted octanol–water partition coefficient (Wildman–Crippen LogP) is 4.61. The van der Waals surface area contributed by atoms with Gasteiger partial charge in [0.1, 0.15) is 5.82 Å². The number of carbonyl (C=O) groups excluding carboxylic acids is 1. The van der Waals surface area contributed by atoms with Crippen LogP contribution in [0.25, 0.3) is 0 Å². The monoisotopic (exact) mass is 260 g/mol. The molecule has 0 saturated heterocycles. The van der Waals surface area contributed by atoms with Crippen molar-refractivity contribution >= 4 is 5.78 Å². The van der Waals surface area contributed by atoms with Gasteiger partial charge in [-0.05, 0) is 55.4 Å². The molecule has 0 aliphatic heterocycles. The van der Waals surface area contributed by atoms with Crippen LogP contribution in [0.5, 0.6) is 0 Å². The Bertz CT molecular complexity index is 451. The van der Waals surface area contributed by atoms with Gasteiger partial charge in [-0.1, -0.05) is 25.7 Å². The first-order valence-corrected chi connectivity index (χ1v) is 7.54. The second kappa shape index (κ2) is 5.44. The number of ketones is 1. The van der Waals surface area contributed by atoms with E-state index in [2.05, 4.69) is 0 Å². The van der Waals surface area contributed by atoms with Crippen LogP contribution in [0.2, 0.25) is 0 Å². The molecule has 1 aromatic carbocycles. The van der Waals surface area contributed by atoms with Crippen molar-refractivity contribution in [1.82, 2.24) is 0 Å². The number of fused-ring (bicyclic) bond motifs is 1. The van der Waals surface area contributed by atoms with Crippen molar-refractivity contribution in [2.75, 3.05) is 0 Å². The molecule has 102 valence electrons. The van der Waals surface area contributed by atoms with Gasteiger partial charge in [-0.2, -0.15) is 0 Å². The summed E-state index contributed by atoms with van der Waals surface area (Å²) in [5.74, 6) is 1.75. The largest absolute Gasteiger partial charge is 0.294 e. The number of benzene rings is 1. The van der Waals surface area contributed by atoms with E-state index in [4.69, 9.17) is 0 Å². The third kappa shape index (κ3) is 2.72. The molecule has 3 rings (SSSR count). The van der Waals surface area contributed by atoms with E-state index in [1.54, 1.807) is 12.1 Å². The average Bonchev–Trinajstić information content (AvgIpc) is 2.47. The maximum atomic E-state index is 12.9. The lowest BCUT2D eigenvalue weighted by Gasteiger charge is -2.38. The molecule has 2 aliphatic rings. The van der Waals surface area contributed by atoms with Gasteiger partial charge in [-0.15, -0.1) is 0 Å². The summed E-state index contributed by atoms with van der Waals surface area (Å²) in [4.78, 5) is 12.5. The zero-order valence-corrected chi connectivity index (χ0v) is 11.3. The van der Waals surface area contributed by atoms with Crippen LogP contribution in [0.3, 0.4) is 0 Å². The summed E-state index contributed by atoms with van der Waals surface area (Å²) in [5, 5.41) is 0. The normalized spacial score (nSPS) is 30.7. The van der Waals surface area contributed by atoms with Crippen LogP contribution in [-0.4, -0.2) is 5.78 Å². The van der Waals surface area contributed by atoms with Crippen LogP contribution in [0.4, 0.5) is 4.39 Å². The van der Waals surface area contributed by atoms with Crippen molar-refractivity contribution in [2.45, 2.75) is 44.9 Å². The number of hydrogen-bond donors (Lipinski definition) is 0. The third-order valence-corrected chi connectivity index (χ3v) is 5.04. The lowest BCUT2D eigenvalue weighted by molar-refractivity contribution is 0.0763. The van der Waals surface area contributed by atoms with E-state index in [0.717, 1.165) is 24.7 Å². The van der Waals surface area contributed by atoms with Crippen molar-refractivity contribution in [3.8, 4) is 0 Å². The Morgan fingerprint density at radius 2 is 1.63 bits per heavy atom. The first-order valence-electron chi connectivity index (χ1n) is 7.54. The van der Waals surface area contributed by atoms with Gasteiger partial charge >= 0.3 is 0 Å². The molecule has 0 N–H and O–H groups in total. The van der Waals surface area contributed by atoms with E-state index in [1.165, 1.54) is 44.2 Å². The van der Waals surface area contributed by atoms with Crippen molar-refractivity contribution in [3.05, 3.63) is 35.6 Å². The molecule has 2 fully saturated rings. The molecule has 3 atom stereocenters. The molecule has 0 spiro atoms. The SMILES string of the molecule is O=C(c1ccc(F)cc1)C1CCC2CCCCC2C1. The Kier molecular flexibility index (Phi) is 3.67. The van der Waals surface area contributed by atoms with Crippen LogP contribution in [-0.2, 0) is 0 Å². The summed E-state index contributed by atoms with van der Waals surface area (Å²) in [5.41, 5.74) is 0.681. The molecule has 1 aromatic rings. The fraction of sp³-hybridized carbons (Fsp3) is 0.588. The lowest BCUT2D eigenvalue weighted by Crippen LogP contribution is -2.31. The highest BCUT2D eigenvalue weighted by Gasteiger charge is 2.35. The van der Waals surface area contributed by atoms with Gasteiger partial charge in [0.15, 0.2) is 5.78 Å². The minimum atomic E-state index is -0.271. The standard InChI is InChI=1S/C17H21FO/c18-16-9-7-13(8-10-16)17(19)15-6-5-12-3-1-2-4-14(12)11-15/h7-10,12,14-15H,1-6,11H2. The Labute approximate surface area is 114 Å². The number of hydrogen-bond acceptors (Lipinski definition) is 1. The van der Waals surface area contributed by atoms with E-state index in [1.807, 2.05) is 0 Å². The molecule has 19 heavy (non-hydrogen) atoms. The van der Waals surface area contributed by atoms with Crippen LogP contribution < -0.4 is 0 Å². The molecule has 0 radical (unpaired) electrons. The summed E-state index contributed by atoms with van der Waals surface area (Å²) in [7, 11) is 0. The lowest BCUT2D eigenvalue weighted by atomic mass is 9.66. The highest BCUT2D eigenvalue weighted by atomic mass is 19.1. The smallest absolute Gasteiger partial charge is 0.165 e. The Morgan fingerprint density at radius 3 is 2.37 bits per heavy atom. The topological polar surface area (TPSA) is 17.1 Å². The van der Waals surface area contributed by atoms with Crippen molar-refractivity contribution in [3.63, 3.8) is 0 Å². The van der Waals surface area contributed by atoms with E-state index in [9.17, 15) is 9.18 Å². The van der Waals surface area contributed by atoms with Gasteiger partial charge in [-0.25, -0.2) is 4.39 Å². The fourth-order valence-electron chi connectivity index (χ4n) is 3.96. The fourth-order valence-corrected chi connectivity index (χ4v) is 3.96. The van der Waals surface area contributed by atoms with Gasteiger partial charge in [0.2, 0.25) is 0 Å². The first kappa shape index (κ1) is 12.8. The van der Waals surface area contributed by atoms with E-state index < -0.39 is 0 Å². The minimum Gasteiger partial charge on any atom is -0.294 e. The summed E-state index contributed by atoms with van der Waals surface area (Å²) in [6, 6.07) is 6.04. The molecular formula is C17H21FO. The first-order chi connectivity index (χ1) is 9.24. The minimum absolute atomic E-state index is 0.171. The molecule has 0 aromatic heterocycles. The predicted molar refractivity (Wildman–Crippen MR) is 73.5 cm³/mol. The Balaban J connectivity index is 1.69. The van der Waals surface area contributed by atoms with Crippen molar-refractivity contribution < 1.29 is 9.18 Å². The van der Waals surface area contributed by atoms with Crippen LogP contribution in [0.1, 0.15) is 55.3 Å². The molecule has 1 nitrogen and oxygen atoms in total. The van der Waals surface area contributed by atoms with Gasteiger partial charge in [0, 0.05) is 11.5 Å². The number of halogens is 1. The summed E-state index contributed by atoms with van der Waals surface area (Å²) in [6.45, 7) is 0. The molecule has 2 saturated carbocycles. The zero-order chi connectivity index (χ0) is 13.2. The van der Waals surface area contributed by atoms with Crippen LogP contribution >= 0.6 is 0 Å². The zero-order valence-electron chi connectivity index (χ0n) is 11.3. The number of Topliss-reactive ketones (excluding diaryl/α,β-unsaturated/α-hetero) is 1. The molecule has 3 unspecified atom stereocenters. The number of carbonyl (C=O) groups is 1. The molecule has 0 bridgehead atoms. The molecule has 2 heteroatoms. The summed E-state index contributed by atoms with van der Waals surface area (Å²) >= 11 is 0. The second-order valence-corrected chi connectivity index (χ2v) is 6.19. The molecule has 2 aliphatic carbocycles. The van der Waals surface area contributed by atoms with Gasteiger partial charge < -0.3 is 0 Å². The highest BCUT2D eigenvalue weighted by molar-refractivity contribution is 5.97. The molecule has 0 heterocycles. The van der Waals surface area contributed by atoms with Crippen molar-refractivity contribution in [1.29, 1.82) is 0 Å². The van der Waals surface area contributed by atoms with E-state index in [-0.39, 0.29) is 17.5 Å². The molecule has 0 amide bonds. The van der Waals surface area contributed by atoms with Gasteiger partial charge in [0.05, 0.1) is 0 Å². The maximum absolute atomic E-state index is 12.9. The number of rotatable bonds is 2. The van der Waals surface area contributed by atoms with Crippen molar-refractivity contribution in [2.24, 2.45) is 17.8 Å². The summed E-state index contributed by atoms with van der Waals surface area (Å²) in [6.07, 6.45) is 8.66. The second-order valence-electron chi connectivity index (χ2n) is 6.19. The van der Waals surface area contributed by atoms with E-state index in [0.29, 0.717) is 5.56 Å². The Morgan fingerprint density at radius 1 is 0.947 bits per heavy atom. The molecular weight excluding hydrogens is 239 g/mol.